The normalized spacial score (nSPS) is 22.5. The highest BCUT2D eigenvalue weighted by atomic mass is 19.4. The molecule has 2 saturated carbocycles. The minimum absolute atomic E-state index is 0.0116. The third-order valence-electron chi connectivity index (χ3n) is 8.64. The first-order chi connectivity index (χ1) is 20.4. The summed E-state index contributed by atoms with van der Waals surface area (Å²) in [7, 11) is 0. The summed E-state index contributed by atoms with van der Waals surface area (Å²) in [4.78, 5) is 31.2. The van der Waals surface area contributed by atoms with E-state index in [2.05, 4.69) is 15.4 Å². The van der Waals surface area contributed by atoms with Crippen LogP contribution in [0.25, 0.3) is 11.1 Å². The molecule has 6 rings (SSSR count). The van der Waals surface area contributed by atoms with Crippen LogP contribution in [0.2, 0.25) is 0 Å². The minimum atomic E-state index is -4.65. The summed E-state index contributed by atoms with van der Waals surface area (Å²) in [6.07, 6.45) is -2.64. The molecule has 1 aromatic carbocycles. The number of hydrogen-bond acceptors (Lipinski definition) is 5. The van der Waals surface area contributed by atoms with Crippen molar-refractivity contribution < 1.29 is 40.3 Å². The van der Waals surface area contributed by atoms with Gasteiger partial charge in [0.2, 0.25) is 11.8 Å². The predicted octanol–water partition coefficient (Wildman–Crippen LogP) is 5.89. The van der Waals surface area contributed by atoms with Crippen LogP contribution in [0.1, 0.15) is 79.5 Å². The van der Waals surface area contributed by atoms with Crippen molar-refractivity contribution in [2.45, 2.75) is 82.2 Å². The van der Waals surface area contributed by atoms with Crippen LogP contribution in [0.3, 0.4) is 0 Å². The second-order valence-corrected chi connectivity index (χ2v) is 11.5. The lowest BCUT2D eigenvalue weighted by Gasteiger charge is -2.32. The second-order valence-electron chi connectivity index (χ2n) is 11.5. The van der Waals surface area contributed by atoms with Gasteiger partial charge in [-0.1, -0.05) is 6.07 Å². The van der Waals surface area contributed by atoms with Crippen LogP contribution in [0.4, 0.5) is 31.1 Å². The summed E-state index contributed by atoms with van der Waals surface area (Å²) >= 11 is 0. The number of amides is 3. The lowest BCUT2D eigenvalue weighted by molar-refractivity contribution is -0.150. The Morgan fingerprint density at radius 3 is 2.51 bits per heavy atom. The topological polar surface area (TPSA) is 105 Å². The van der Waals surface area contributed by atoms with Crippen molar-refractivity contribution >= 4 is 23.0 Å². The standard InChI is InChI=1S/C28H30F6N6O3/c1-2-40-17(9-12-35-40)24(41)37-21(14-7-10-27(30,31)11-8-14)25-38-22-18(43-25)6-5-16(20(22)29)23(15-3-4-15)39-13-19(28(32,33)34)36-26(39)42/h5-6,9,12,14-15,19,21,23H,2-4,7-8,10-11,13H2,1H3,(H,36,42)(H,37,41)/t19-,21+,23+/m1/s1. The summed E-state index contributed by atoms with van der Waals surface area (Å²) in [6, 6.07) is -0.588. The van der Waals surface area contributed by atoms with Crippen LogP contribution in [0, 0.1) is 17.7 Å². The summed E-state index contributed by atoms with van der Waals surface area (Å²) in [5.74, 6) is -5.00. The summed E-state index contributed by atoms with van der Waals surface area (Å²) in [5, 5.41) is 8.86. The number of hydrogen-bond donors (Lipinski definition) is 2. The fourth-order valence-electron chi connectivity index (χ4n) is 6.20. The third kappa shape index (κ3) is 5.65. The van der Waals surface area contributed by atoms with E-state index in [9.17, 15) is 31.5 Å². The Hall–Kier alpha value is -3.78. The molecule has 3 aliphatic rings. The number of fused-ring (bicyclic) bond motifs is 1. The molecule has 43 heavy (non-hydrogen) atoms. The van der Waals surface area contributed by atoms with Gasteiger partial charge < -0.3 is 20.0 Å². The molecule has 9 nitrogen and oxygen atoms in total. The molecular weight excluding hydrogens is 582 g/mol. The van der Waals surface area contributed by atoms with Crippen LogP contribution < -0.4 is 10.6 Å². The maximum absolute atomic E-state index is 16.1. The number of urea groups is 1. The number of halogens is 6. The number of aromatic nitrogens is 3. The Labute approximate surface area is 242 Å². The Kier molecular flexibility index (Phi) is 7.32. The SMILES string of the molecule is CCn1nccc1C(=O)N[C@H](c1nc2c(F)c([C@H](C3CC3)N3C[C@H](C(F)(F)F)NC3=O)ccc2o1)C1CCC(F)(F)CC1. The van der Waals surface area contributed by atoms with Crippen LogP contribution in [0.5, 0.6) is 0 Å². The van der Waals surface area contributed by atoms with Gasteiger partial charge in [-0.05, 0) is 56.6 Å². The van der Waals surface area contributed by atoms with Crippen molar-refractivity contribution in [3.63, 3.8) is 0 Å². The van der Waals surface area contributed by atoms with Crippen LogP contribution >= 0.6 is 0 Å². The zero-order valence-corrected chi connectivity index (χ0v) is 23.1. The fourth-order valence-corrected chi connectivity index (χ4v) is 6.20. The summed E-state index contributed by atoms with van der Waals surface area (Å²) in [6.45, 7) is 1.56. The van der Waals surface area contributed by atoms with E-state index in [4.69, 9.17) is 4.42 Å². The zero-order chi connectivity index (χ0) is 30.7. The van der Waals surface area contributed by atoms with Gasteiger partial charge in [0.15, 0.2) is 11.4 Å². The van der Waals surface area contributed by atoms with Gasteiger partial charge in [-0.3, -0.25) is 9.48 Å². The molecule has 2 aromatic heterocycles. The molecule has 0 radical (unpaired) electrons. The number of alkyl halides is 5. The Balaban J connectivity index is 1.34. The van der Waals surface area contributed by atoms with Gasteiger partial charge in [-0.2, -0.15) is 18.3 Å². The maximum atomic E-state index is 16.1. The second kappa shape index (κ2) is 10.7. The first-order valence-electron chi connectivity index (χ1n) is 14.3. The lowest BCUT2D eigenvalue weighted by atomic mass is 9.82. The largest absolute Gasteiger partial charge is 0.438 e. The zero-order valence-electron chi connectivity index (χ0n) is 23.1. The molecule has 232 valence electrons. The molecule has 3 fully saturated rings. The molecule has 3 amide bonds. The molecule has 1 aliphatic heterocycles. The number of nitrogens with one attached hydrogen (secondary N) is 2. The number of rotatable bonds is 8. The highest BCUT2D eigenvalue weighted by molar-refractivity contribution is 5.92. The van der Waals surface area contributed by atoms with E-state index in [1.807, 2.05) is 5.32 Å². The molecule has 3 heterocycles. The number of carbonyl (C=O) groups excluding carboxylic acids is 2. The van der Waals surface area contributed by atoms with Gasteiger partial charge >= 0.3 is 12.2 Å². The van der Waals surface area contributed by atoms with E-state index in [0.717, 1.165) is 4.90 Å². The van der Waals surface area contributed by atoms with Crippen molar-refractivity contribution in [1.82, 2.24) is 30.3 Å². The van der Waals surface area contributed by atoms with Crippen LogP contribution in [0.15, 0.2) is 28.8 Å². The highest BCUT2D eigenvalue weighted by Gasteiger charge is 2.51. The quantitative estimate of drug-likeness (QED) is 0.309. The van der Waals surface area contributed by atoms with Gasteiger partial charge in [-0.15, -0.1) is 0 Å². The fraction of sp³-hybridized carbons (Fsp3) is 0.571. The summed E-state index contributed by atoms with van der Waals surface area (Å²) < 4.78 is 91.6. The third-order valence-corrected chi connectivity index (χ3v) is 8.64. The monoisotopic (exact) mass is 612 g/mol. The molecule has 15 heteroatoms. The lowest BCUT2D eigenvalue weighted by Crippen LogP contribution is -2.40. The molecule has 2 N–H and O–H groups in total. The van der Waals surface area contributed by atoms with Crippen molar-refractivity contribution in [2.24, 2.45) is 11.8 Å². The van der Waals surface area contributed by atoms with Gasteiger partial charge in [0.05, 0.1) is 12.6 Å². The Bertz CT molecular complexity index is 1520. The van der Waals surface area contributed by atoms with E-state index in [0.29, 0.717) is 19.4 Å². The maximum Gasteiger partial charge on any atom is 0.410 e. The minimum Gasteiger partial charge on any atom is -0.438 e. The number of oxazole rings is 1. The van der Waals surface area contributed by atoms with Gasteiger partial charge in [0, 0.05) is 31.1 Å². The van der Waals surface area contributed by atoms with E-state index < -0.39 is 73.3 Å². The molecule has 2 aliphatic carbocycles. The van der Waals surface area contributed by atoms with Crippen LogP contribution in [-0.4, -0.2) is 56.3 Å². The highest BCUT2D eigenvalue weighted by Crippen LogP contribution is 2.48. The average Bonchev–Trinajstić information content (AvgIpc) is 3.31. The smallest absolute Gasteiger partial charge is 0.410 e. The molecule has 0 spiro atoms. The molecule has 3 atom stereocenters. The van der Waals surface area contributed by atoms with Gasteiger partial charge in [0.25, 0.3) is 5.91 Å². The van der Waals surface area contributed by atoms with Crippen molar-refractivity contribution in [3.8, 4) is 0 Å². The Morgan fingerprint density at radius 1 is 1.16 bits per heavy atom. The molecular formula is C28H30F6N6O3. The van der Waals surface area contributed by atoms with E-state index in [1.165, 1.54) is 29.1 Å². The van der Waals surface area contributed by atoms with E-state index in [-0.39, 0.29) is 47.0 Å². The molecule has 0 bridgehead atoms. The average molecular weight is 613 g/mol. The molecule has 3 aromatic rings. The van der Waals surface area contributed by atoms with Crippen LogP contribution in [-0.2, 0) is 6.54 Å². The van der Waals surface area contributed by atoms with Gasteiger partial charge in [0.1, 0.15) is 23.3 Å². The number of carbonyl (C=O) groups is 2. The van der Waals surface area contributed by atoms with E-state index >= 15 is 4.39 Å². The first kappa shape index (κ1) is 29.3. The number of aryl methyl sites for hydroxylation is 1. The Morgan fingerprint density at radius 2 is 1.88 bits per heavy atom. The number of benzene rings is 1. The first-order valence-corrected chi connectivity index (χ1v) is 14.3. The summed E-state index contributed by atoms with van der Waals surface area (Å²) in [5.41, 5.74) is 0.0528. The van der Waals surface area contributed by atoms with Crippen molar-refractivity contribution in [2.75, 3.05) is 6.54 Å². The number of nitrogens with zero attached hydrogens (tertiary/aromatic N) is 4. The van der Waals surface area contributed by atoms with E-state index in [1.54, 1.807) is 6.92 Å². The van der Waals surface area contributed by atoms with Gasteiger partial charge in [-0.25, -0.2) is 22.9 Å². The van der Waals surface area contributed by atoms with Crippen molar-refractivity contribution in [3.05, 3.63) is 47.4 Å². The van der Waals surface area contributed by atoms with Crippen molar-refractivity contribution in [1.29, 1.82) is 0 Å². The molecule has 0 unspecified atom stereocenters. The predicted molar refractivity (Wildman–Crippen MR) is 140 cm³/mol. The molecule has 1 saturated heterocycles.